The predicted molar refractivity (Wildman–Crippen MR) is 115 cm³/mol. The van der Waals surface area contributed by atoms with Crippen LogP contribution in [-0.4, -0.2) is 36.9 Å². The van der Waals surface area contributed by atoms with Gasteiger partial charge >= 0.3 is 0 Å². The second-order valence-corrected chi connectivity index (χ2v) is 8.49. The van der Waals surface area contributed by atoms with Crippen LogP contribution in [-0.2, 0) is 9.84 Å². The first-order valence-electron chi connectivity index (χ1n) is 9.19. The average molecular weight is 429 g/mol. The number of ether oxygens (including phenoxy) is 4. The normalized spacial score (nSPS) is 12.1. The molecule has 0 radical (unpaired) electrons. The topological polar surface area (TPSA) is 71.1 Å². The highest BCUT2D eigenvalue weighted by Gasteiger charge is 2.36. The maximum atomic E-state index is 13.8. The molecule has 30 heavy (non-hydrogen) atoms. The summed E-state index contributed by atoms with van der Waals surface area (Å²) in [4.78, 5) is 0.164. The summed E-state index contributed by atoms with van der Waals surface area (Å²) in [5.74, 6) is 1.79. The summed E-state index contributed by atoms with van der Waals surface area (Å²) in [5.41, 5.74) is 0.998. The van der Waals surface area contributed by atoms with Gasteiger partial charge in [0.25, 0.3) is 0 Å². The molecule has 6 nitrogen and oxygen atoms in total. The minimum atomic E-state index is -3.87. The van der Waals surface area contributed by atoms with Crippen LogP contribution in [0.3, 0.4) is 0 Å². The van der Waals surface area contributed by atoms with Gasteiger partial charge in [-0.15, -0.1) is 0 Å². The van der Waals surface area contributed by atoms with Crippen molar-refractivity contribution >= 4 is 9.84 Å². The fourth-order valence-electron chi connectivity index (χ4n) is 3.32. The van der Waals surface area contributed by atoms with Crippen molar-refractivity contribution in [1.82, 2.24) is 0 Å². The van der Waals surface area contributed by atoms with Crippen molar-refractivity contribution in [3.63, 3.8) is 0 Å². The van der Waals surface area contributed by atoms with Gasteiger partial charge in [-0.3, -0.25) is 0 Å². The maximum absolute atomic E-state index is 13.8. The number of sulfone groups is 1. The van der Waals surface area contributed by atoms with Crippen LogP contribution in [0.1, 0.15) is 16.4 Å². The number of methoxy groups -OCH3 is 4. The third-order valence-electron chi connectivity index (χ3n) is 4.82. The lowest BCUT2D eigenvalue weighted by Gasteiger charge is -2.24. The van der Waals surface area contributed by atoms with Crippen LogP contribution >= 0.6 is 0 Å². The summed E-state index contributed by atoms with van der Waals surface area (Å²) >= 11 is 0. The van der Waals surface area contributed by atoms with Crippen molar-refractivity contribution in [2.24, 2.45) is 0 Å². The second kappa shape index (κ2) is 9.09. The smallest absolute Gasteiger partial charge is 0.189 e. The fourth-order valence-corrected chi connectivity index (χ4v) is 5.17. The Labute approximate surface area is 176 Å². The van der Waals surface area contributed by atoms with Crippen molar-refractivity contribution in [2.45, 2.75) is 10.1 Å². The molecule has 0 aliphatic carbocycles. The van der Waals surface area contributed by atoms with Crippen LogP contribution in [0.15, 0.2) is 71.6 Å². The predicted octanol–water partition coefficient (Wildman–Crippen LogP) is 4.28. The van der Waals surface area contributed by atoms with E-state index in [1.54, 1.807) is 48.5 Å². The summed E-state index contributed by atoms with van der Waals surface area (Å²) in [7, 11) is 2.15. The standard InChI is InChI=1S/C23H24O6S/c1-26-17-10-12-19(13-11-17)30(24,25)23(16-8-6-5-7-9-16)22-20(28-3)14-18(27-2)15-21(22)29-4/h5-15,23H,1-4H3. The molecule has 0 bridgehead atoms. The lowest BCUT2D eigenvalue weighted by atomic mass is 10.0. The molecule has 0 amide bonds. The molecule has 0 saturated carbocycles. The molecular weight excluding hydrogens is 404 g/mol. The van der Waals surface area contributed by atoms with E-state index in [9.17, 15) is 8.42 Å². The Morgan fingerprint density at radius 2 is 1.20 bits per heavy atom. The number of hydrogen-bond donors (Lipinski definition) is 0. The molecule has 0 N–H and O–H groups in total. The van der Waals surface area contributed by atoms with Crippen molar-refractivity contribution in [3.8, 4) is 23.0 Å². The summed E-state index contributed by atoms with van der Waals surface area (Å²) in [5, 5.41) is -1.05. The molecule has 1 atom stereocenters. The van der Waals surface area contributed by atoms with Crippen LogP contribution in [0.2, 0.25) is 0 Å². The van der Waals surface area contributed by atoms with Crippen LogP contribution in [0.25, 0.3) is 0 Å². The molecule has 3 rings (SSSR count). The van der Waals surface area contributed by atoms with Gasteiger partial charge in [-0.05, 0) is 29.8 Å². The Balaban J connectivity index is 2.30. The van der Waals surface area contributed by atoms with E-state index in [1.807, 2.05) is 6.07 Å². The van der Waals surface area contributed by atoms with Gasteiger partial charge in [-0.1, -0.05) is 30.3 Å². The van der Waals surface area contributed by atoms with E-state index in [0.29, 0.717) is 34.1 Å². The Kier molecular flexibility index (Phi) is 6.52. The van der Waals surface area contributed by atoms with Gasteiger partial charge in [0, 0.05) is 12.1 Å². The number of rotatable bonds is 8. The number of benzene rings is 3. The molecule has 158 valence electrons. The maximum Gasteiger partial charge on any atom is 0.189 e. The Morgan fingerprint density at radius 3 is 1.67 bits per heavy atom. The van der Waals surface area contributed by atoms with Crippen molar-refractivity contribution in [1.29, 1.82) is 0 Å². The third-order valence-corrected chi connectivity index (χ3v) is 6.87. The molecule has 3 aromatic rings. The van der Waals surface area contributed by atoms with E-state index in [1.165, 1.54) is 40.6 Å². The van der Waals surface area contributed by atoms with Gasteiger partial charge in [0.05, 0.1) is 38.9 Å². The molecule has 3 aromatic carbocycles. The monoisotopic (exact) mass is 428 g/mol. The Bertz CT molecular complexity index is 1070. The minimum Gasteiger partial charge on any atom is -0.497 e. The zero-order valence-electron chi connectivity index (χ0n) is 17.3. The Hall–Kier alpha value is -3.19. The van der Waals surface area contributed by atoms with E-state index in [-0.39, 0.29) is 4.90 Å². The molecule has 0 saturated heterocycles. The molecule has 0 aliphatic rings. The van der Waals surface area contributed by atoms with E-state index in [0.717, 1.165) is 0 Å². The SMILES string of the molecule is COc1ccc(S(=O)(=O)C(c2ccccc2)c2c(OC)cc(OC)cc2OC)cc1. The first-order chi connectivity index (χ1) is 14.5. The number of hydrogen-bond acceptors (Lipinski definition) is 6. The lowest BCUT2D eigenvalue weighted by Crippen LogP contribution is -2.17. The second-order valence-electron chi connectivity index (χ2n) is 6.46. The van der Waals surface area contributed by atoms with Gasteiger partial charge in [0.1, 0.15) is 28.2 Å². The third kappa shape index (κ3) is 4.07. The summed E-state index contributed by atoms with van der Waals surface area (Å²) in [6, 6.07) is 18.6. The highest BCUT2D eigenvalue weighted by Crippen LogP contribution is 2.46. The first-order valence-corrected chi connectivity index (χ1v) is 10.7. The highest BCUT2D eigenvalue weighted by atomic mass is 32.2. The molecule has 0 aromatic heterocycles. The van der Waals surface area contributed by atoms with Gasteiger partial charge in [-0.2, -0.15) is 0 Å². The average Bonchev–Trinajstić information content (AvgIpc) is 2.79. The van der Waals surface area contributed by atoms with Gasteiger partial charge < -0.3 is 18.9 Å². The van der Waals surface area contributed by atoms with Crippen molar-refractivity contribution in [3.05, 3.63) is 77.9 Å². The molecule has 0 aliphatic heterocycles. The van der Waals surface area contributed by atoms with Crippen LogP contribution in [0.5, 0.6) is 23.0 Å². The largest absolute Gasteiger partial charge is 0.497 e. The van der Waals surface area contributed by atoms with E-state index < -0.39 is 15.1 Å². The lowest BCUT2D eigenvalue weighted by molar-refractivity contribution is 0.369. The van der Waals surface area contributed by atoms with Gasteiger partial charge in [-0.25, -0.2) is 8.42 Å². The van der Waals surface area contributed by atoms with Crippen molar-refractivity contribution in [2.75, 3.05) is 28.4 Å². The minimum absolute atomic E-state index is 0.164. The summed E-state index contributed by atoms with van der Waals surface area (Å²) < 4.78 is 49.3. The first kappa shape index (κ1) is 21.5. The van der Waals surface area contributed by atoms with Crippen LogP contribution < -0.4 is 18.9 Å². The van der Waals surface area contributed by atoms with Gasteiger partial charge in [0.15, 0.2) is 9.84 Å². The van der Waals surface area contributed by atoms with Crippen LogP contribution in [0, 0.1) is 0 Å². The highest BCUT2D eigenvalue weighted by molar-refractivity contribution is 7.92. The fraction of sp³-hybridized carbons (Fsp3) is 0.217. The molecular formula is C23H24O6S. The summed E-state index contributed by atoms with van der Waals surface area (Å²) in [6.07, 6.45) is 0. The molecule has 1 unspecified atom stereocenters. The quantitative estimate of drug-likeness (QED) is 0.533. The molecule has 0 fully saturated rings. The zero-order valence-corrected chi connectivity index (χ0v) is 18.1. The van der Waals surface area contributed by atoms with E-state index in [4.69, 9.17) is 18.9 Å². The summed E-state index contributed by atoms with van der Waals surface area (Å²) in [6.45, 7) is 0. The Morgan fingerprint density at radius 1 is 0.667 bits per heavy atom. The molecule has 0 heterocycles. The molecule has 7 heteroatoms. The zero-order chi connectivity index (χ0) is 21.7. The van der Waals surface area contributed by atoms with Gasteiger partial charge in [0.2, 0.25) is 0 Å². The van der Waals surface area contributed by atoms with Crippen molar-refractivity contribution < 1.29 is 27.4 Å². The van der Waals surface area contributed by atoms with Crippen LogP contribution in [0.4, 0.5) is 0 Å². The van der Waals surface area contributed by atoms with E-state index >= 15 is 0 Å². The molecule has 0 spiro atoms. The van der Waals surface area contributed by atoms with E-state index in [2.05, 4.69) is 0 Å².